The highest BCUT2D eigenvalue weighted by molar-refractivity contribution is 7.77. The van der Waals surface area contributed by atoms with Gasteiger partial charge in [-0.2, -0.15) is 0 Å². The summed E-state index contributed by atoms with van der Waals surface area (Å²) in [5.74, 6) is 0. The first kappa shape index (κ1) is 10.1. The minimum atomic E-state index is -1.89. The summed E-state index contributed by atoms with van der Waals surface area (Å²) in [4.78, 5) is 0. The van der Waals surface area contributed by atoms with E-state index in [1.165, 1.54) is 0 Å². The van der Waals surface area contributed by atoms with Crippen LogP contribution in [0.25, 0.3) is 0 Å². The second kappa shape index (κ2) is 3.46. The molecule has 0 aliphatic heterocycles. The van der Waals surface area contributed by atoms with Crippen LogP contribution in [0.4, 0.5) is 0 Å². The molecule has 0 radical (unpaired) electrons. The maximum absolute atomic E-state index is 10.3. The van der Waals surface area contributed by atoms with Gasteiger partial charge in [0.15, 0.2) is 0 Å². The van der Waals surface area contributed by atoms with Crippen molar-refractivity contribution in [3.8, 4) is 0 Å². The van der Waals surface area contributed by atoms with E-state index in [4.69, 9.17) is 4.55 Å². The molecular weight excluding hydrogens is 150 g/mol. The molecule has 0 aliphatic carbocycles. The van der Waals surface area contributed by atoms with Gasteiger partial charge in [-0.15, -0.1) is 0 Å². The molecule has 0 aliphatic rings. The molecule has 0 saturated heterocycles. The highest BCUT2D eigenvalue weighted by Gasteiger charge is 2.20. The zero-order valence-corrected chi connectivity index (χ0v) is 7.66. The minimum Gasteiger partial charge on any atom is -0.294 e. The van der Waals surface area contributed by atoms with E-state index in [2.05, 4.69) is 4.72 Å². The van der Waals surface area contributed by atoms with Crippen molar-refractivity contribution in [2.75, 3.05) is 0 Å². The molecule has 0 aromatic heterocycles. The summed E-state index contributed by atoms with van der Waals surface area (Å²) in [5.41, 5.74) is 0.0262. The molecule has 0 fully saturated rings. The van der Waals surface area contributed by atoms with Crippen LogP contribution in [-0.4, -0.2) is 14.8 Å². The molecule has 4 heteroatoms. The Hall–Kier alpha value is 0.0700. The molecule has 3 nitrogen and oxygen atoms in total. The highest BCUT2D eigenvalue weighted by Crippen LogP contribution is 2.18. The van der Waals surface area contributed by atoms with Crippen LogP contribution in [0.2, 0.25) is 0 Å². The van der Waals surface area contributed by atoms with Gasteiger partial charge >= 0.3 is 0 Å². The Balaban J connectivity index is 3.85. The second-order valence-corrected chi connectivity index (χ2v) is 4.19. The monoisotopic (exact) mass is 165 g/mol. The molecular formula is C6H15NO2S. The van der Waals surface area contributed by atoms with Crippen molar-refractivity contribution in [2.24, 2.45) is 5.41 Å². The lowest BCUT2D eigenvalue weighted by molar-refractivity contribution is 0.316. The van der Waals surface area contributed by atoms with Crippen LogP contribution in [0, 0.1) is 5.41 Å². The average molecular weight is 165 g/mol. The summed E-state index contributed by atoms with van der Waals surface area (Å²) in [7, 11) is 0. The lowest BCUT2D eigenvalue weighted by Crippen LogP contribution is -2.38. The zero-order chi connectivity index (χ0) is 8.36. The summed E-state index contributed by atoms with van der Waals surface area (Å²) in [6.45, 7) is 7.92. The fourth-order valence-corrected chi connectivity index (χ4v) is 0.984. The van der Waals surface area contributed by atoms with Crippen molar-refractivity contribution in [3.63, 3.8) is 0 Å². The molecule has 0 spiro atoms. The van der Waals surface area contributed by atoms with E-state index in [0.717, 1.165) is 0 Å². The van der Waals surface area contributed by atoms with Crippen LogP contribution in [0.1, 0.15) is 27.7 Å². The third-order valence-electron chi connectivity index (χ3n) is 1.58. The Morgan fingerprint density at radius 2 is 1.90 bits per heavy atom. The molecule has 10 heavy (non-hydrogen) atoms. The Morgan fingerprint density at radius 3 is 2.00 bits per heavy atom. The summed E-state index contributed by atoms with van der Waals surface area (Å²) in [6.07, 6.45) is 0. The van der Waals surface area contributed by atoms with Gasteiger partial charge in [0.1, 0.15) is 0 Å². The van der Waals surface area contributed by atoms with Gasteiger partial charge in [-0.1, -0.05) is 20.8 Å². The highest BCUT2D eigenvalue weighted by atomic mass is 32.2. The van der Waals surface area contributed by atoms with Crippen molar-refractivity contribution >= 4 is 11.3 Å². The molecule has 2 N–H and O–H groups in total. The molecule has 0 aromatic carbocycles. The normalized spacial score (nSPS) is 18.5. The predicted molar refractivity (Wildman–Crippen MR) is 42.8 cm³/mol. The Morgan fingerprint density at radius 1 is 1.50 bits per heavy atom. The standard InChI is InChI=1S/C6H15NO2S/c1-5(6(2,3)4)7-10(8)9/h5,7H,1-4H3,(H,8,9). The molecule has 0 rings (SSSR count). The lowest BCUT2D eigenvalue weighted by Gasteiger charge is -2.26. The predicted octanol–water partition coefficient (Wildman–Crippen LogP) is 1.15. The van der Waals surface area contributed by atoms with E-state index in [9.17, 15) is 4.21 Å². The SMILES string of the molecule is CC(NS(=O)O)C(C)(C)C. The Kier molecular flexibility index (Phi) is 3.48. The molecule has 0 bridgehead atoms. The van der Waals surface area contributed by atoms with Crippen molar-refractivity contribution in [2.45, 2.75) is 33.7 Å². The van der Waals surface area contributed by atoms with Crippen LogP contribution in [0.15, 0.2) is 0 Å². The lowest BCUT2D eigenvalue weighted by atomic mass is 9.89. The van der Waals surface area contributed by atoms with Gasteiger partial charge in [-0.25, -0.2) is 8.93 Å². The summed E-state index contributed by atoms with van der Waals surface area (Å²) in [6, 6.07) is 0.0401. The third-order valence-corrected chi connectivity index (χ3v) is 2.13. The van der Waals surface area contributed by atoms with E-state index in [1.807, 2.05) is 27.7 Å². The van der Waals surface area contributed by atoms with Gasteiger partial charge in [0.05, 0.1) is 0 Å². The first-order chi connectivity index (χ1) is 4.34. The first-order valence-corrected chi connectivity index (χ1v) is 4.31. The van der Waals surface area contributed by atoms with Crippen LogP contribution in [0.3, 0.4) is 0 Å². The number of hydrogen-bond acceptors (Lipinski definition) is 1. The summed E-state index contributed by atoms with van der Waals surface area (Å²) < 4.78 is 21.2. The van der Waals surface area contributed by atoms with Crippen molar-refractivity contribution in [1.29, 1.82) is 0 Å². The van der Waals surface area contributed by atoms with Crippen molar-refractivity contribution < 1.29 is 8.76 Å². The van der Waals surface area contributed by atoms with E-state index in [0.29, 0.717) is 0 Å². The molecule has 0 amide bonds. The molecule has 2 atom stereocenters. The van der Waals surface area contributed by atoms with E-state index in [1.54, 1.807) is 0 Å². The molecule has 0 aromatic rings. The molecule has 0 saturated carbocycles. The topological polar surface area (TPSA) is 49.3 Å². The van der Waals surface area contributed by atoms with Crippen LogP contribution in [-0.2, 0) is 11.3 Å². The maximum Gasteiger partial charge on any atom is 0.231 e. The molecule has 0 heterocycles. The van der Waals surface area contributed by atoms with Gasteiger partial charge in [0.25, 0.3) is 0 Å². The van der Waals surface area contributed by atoms with Gasteiger partial charge in [0.2, 0.25) is 11.3 Å². The first-order valence-electron chi connectivity index (χ1n) is 3.21. The Labute approximate surface area is 64.6 Å². The second-order valence-electron chi connectivity index (χ2n) is 3.45. The van der Waals surface area contributed by atoms with Crippen molar-refractivity contribution in [1.82, 2.24) is 4.72 Å². The zero-order valence-electron chi connectivity index (χ0n) is 6.84. The number of hydrogen-bond donors (Lipinski definition) is 2. The van der Waals surface area contributed by atoms with Gasteiger partial charge in [-0.3, -0.25) is 4.55 Å². The number of rotatable bonds is 2. The molecule has 2 unspecified atom stereocenters. The van der Waals surface area contributed by atoms with Crippen LogP contribution < -0.4 is 4.72 Å². The number of nitrogens with one attached hydrogen (secondary N) is 1. The van der Waals surface area contributed by atoms with E-state index < -0.39 is 11.3 Å². The fraction of sp³-hybridized carbons (Fsp3) is 1.00. The van der Waals surface area contributed by atoms with Crippen LogP contribution >= 0.6 is 0 Å². The summed E-state index contributed by atoms with van der Waals surface area (Å²) in [5, 5.41) is 0. The summed E-state index contributed by atoms with van der Waals surface area (Å²) >= 11 is -1.89. The van der Waals surface area contributed by atoms with Gasteiger partial charge in [-0.05, 0) is 12.3 Å². The average Bonchev–Trinajstić information content (AvgIpc) is 1.60. The van der Waals surface area contributed by atoms with Crippen molar-refractivity contribution in [3.05, 3.63) is 0 Å². The smallest absolute Gasteiger partial charge is 0.231 e. The maximum atomic E-state index is 10.3. The van der Waals surface area contributed by atoms with Gasteiger partial charge in [0, 0.05) is 6.04 Å². The quantitative estimate of drug-likeness (QED) is 0.603. The Bertz CT molecular complexity index is 130. The van der Waals surface area contributed by atoms with E-state index >= 15 is 0 Å². The minimum absolute atomic E-state index is 0.0262. The largest absolute Gasteiger partial charge is 0.294 e. The van der Waals surface area contributed by atoms with E-state index in [-0.39, 0.29) is 11.5 Å². The van der Waals surface area contributed by atoms with Crippen LogP contribution in [0.5, 0.6) is 0 Å². The fourth-order valence-electron chi connectivity index (χ4n) is 0.328. The van der Waals surface area contributed by atoms with Gasteiger partial charge < -0.3 is 0 Å². The molecule has 62 valence electrons. The third kappa shape index (κ3) is 3.98.